The molecule has 210 valence electrons. The summed E-state index contributed by atoms with van der Waals surface area (Å²) in [5, 5.41) is 17.7. The molecule has 41 heavy (non-hydrogen) atoms. The Morgan fingerprint density at radius 3 is 2.51 bits per heavy atom. The monoisotopic (exact) mass is 548 g/mol. The number of aromatic nitrogens is 4. The van der Waals surface area contributed by atoms with Crippen LogP contribution in [0, 0.1) is 17.2 Å². The molecule has 1 N–H and O–H groups in total. The zero-order valence-electron chi connectivity index (χ0n) is 23.3. The first-order valence-corrected chi connectivity index (χ1v) is 14.5. The van der Waals surface area contributed by atoms with Crippen LogP contribution in [0.4, 0.5) is 17.3 Å². The van der Waals surface area contributed by atoms with Crippen molar-refractivity contribution >= 4 is 17.3 Å². The summed E-state index contributed by atoms with van der Waals surface area (Å²) in [6, 6.07) is 23.3. The van der Waals surface area contributed by atoms with Crippen molar-refractivity contribution in [1.82, 2.24) is 24.6 Å². The van der Waals surface area contributed by atoms with E-state index in [2.05, 4.69) is 80.8 Å². The number of morpholine rings is 1. The lowest BCUT2D eigenvalue weighted by atomic mass is 9.87. The Balaban J connectivity index is 1.09. The fraction of sp³-hybridized carbons (Fsp3) is 0.375. The quantitative estimate of drug-likeness (QED) is 0.302. The van der Waals surface area contributed by atoms with Crippen molar-refractivity contribution in [3.8, 4) is 17.3 Å². The minimum Gasteiger partial charge on any atom is -0.378 e. The summed E-state index contributed by atoms with van der Waals surface area (Å²) < 4.78 is 7.44. The highest BCUT2D eigenvalue weighted by molar-refractivity contribution is 5.62. The first-order chi connectivity index (χ1) is 20.2. The molecule has 4 heterocycles. The number of anilines is 3. The van der Waals surface area contributed by atoms with Crippen molar-refractivity contribution in [2.45, 2.75) is 31.8 Å². The number of nitrogens with zero attached hydrogens (tertiary/aromatic N) is 7. The van der Waals surface area contributed by atoms with Crippen LogP contribution in [0.15, 0.2) is 79.3 Å². The van der Waals surface area contributed by atoms with Gasteiger partial charge in [0, 0.05) is 49.0 Å². The van der Waals surface area contributed by atoms with E-state index in [0.29, 0.717) is 18.3 Å². The molecule has 2 saturated heterocycles. The highest BCUT2D eigenvalue weighted by Gasteiger charge is 2.28. The van der Waals surface area contributed by atoms with Gasteiger partial charge in [-0.25, -0.2) is 9.97 Å². The normalized spacial score (nSPS) is 17.2. The Kier molecular flexibility index (Phi) is 8.50. The fourth-order valence-electron chi connectivity index (χ4n) is 5.84. The second-order valence-electron chi connectivity index (χ2n) is 10.8. The zero-order valence-corrected chi connectivity index (χ0v) is 23.3. The van der Waals surface area contributed by atoms with Crippen molar-refractivity contribution in [2.75, 3.05) is 49.6 Å². The van der Waals surface area contributed by atoms with Crippen LogP contribution in [-0.2, 0) is 11.3 Å². The zero-order chi connectivity index (χ0) is 27.9. The maximum Gasteiger partial charge on any atom is 0.227 e. The maximum atomic E-state index is 9.63. The molecule has 6 rings (SSSR count). The van der Waals surface area contributed by atoms with E-state index in [-0.39, 0.29) is 6.04 Å². The van der Waals surface area contributed by atoms with Gasteiger partial charge in [0.15, 0.2) is 0 Å². The SMILES string of the molecule is N#CCC(C1CCN(Cc2ccccc2)CC1)n1cc(-c2ccnc(Nc3ccc(N4CCOCC4)cc3)n2)cn1. The largest absolute Gasteiger partial charge is 0.378 e. The average molecular weight is 549 g/mol. The van der Waals surface area contributed by atoms with Gasteiger partial charge in [0.25, 0.3) is 0 Å². The van der Waals surface area contributed by atoms with E-state index in [1.165, 1.54) is 11.3 Å². The van der Waals surface area contributed by atoms with Gasteiger partial charge in [-0.1, -0.05) is 30.3 Å². The van der Waals surface area contributed by atoms with Crippen molar-refractivity contribution in [3.05, 3.63) is 84.8 Å². The van der Waals surface area contributed by atoms with Crippen molar-refractivity contribution in [2.24, 2.45) is 5.92 Å². The van der Waals surface area contributed by atoms with Gasteiger partial charge in [-0.2, -0.15) is 10.4 Å². The van der Waals surface area contributed by atoms with Gasteiger partial charge in [0.2, 0.25) is 5.95 Å². The topological polar surface area (TPSA) is 95.1 Å². The molecule has 2 aliphatic rings. The number of nitriles is 1. The Labute approximate surface area is 241 Å². The summed E-state index contributed by atoms with van der Waals surface area (Å²) in [7, 11) is 0. The van der Waals surface area contributed by atoms with Crippen LogP contribution in [-0.4, -0.2) is 64.0 Å². The third-order valence-electron chi connectivity index (χ3n) is 8.12. The predicted octanol–water partition coefficient (Wildman–Crippen LogP) is 5.29. The van der Waals surface area contributed by atoms with Gasteiger partial charge in [0.05, 0.1) is 43.6 Å². The molecular weight excluding hydrogens is 512 g/mol. The Morgan fingerprint density at radius 2 is 1.76 bits per heavy atom. The summed E-state index contributed by atoms with van der Waals surface area (Å²) in [5.41, 5.74) is 5.19. The van der Waals surface area contributed by atoms with Gasteiger partial charge in [-0.3, -0.25) is 9.58 Å². The number of hydrogen-bond acceptors (Lipinski definition) is 8. The van der Waals surface area contributed by atoms with Gasteiger partial charge in [-0.15, -0.1) is 0 Å². The Morgan fingerprint density at radius 1 is 0.976 bits per heavy atom. The second kappa shape index (κ2) is 12.9. The van der Waals surface area contributed by atoms with Gasteiger partial charge in [0.1, 0.15) is 0 Å². The van der Waals surface area contributed by atoms with E-state index >= 15 is 0 Å². The summed E-state index contributed by atoms with van der Waals surface area (Å²) in [4.78, 5) is 14.0. The Hall–Kier alpha value is -4.26. The number of benzene rings is 2. The smallest absolute Gasteiger partial charge is 0.227 e. The molecule has 0 radical (unpaired) electrons. The maximum absolute atomic E-state index is 9.63. The van der Waals surface area contributed by atoms with Crippen molar-refractivity contribution < 1.29 is 4.74 Å². The van der Waals surface area contributed by atoms with Crippen molar-refractivity contribution in [1.29, 1.82) is 5.26 Å². The molecule has 2 aromatic heterocycles. The standard InChI is InChI=1S/C32H36N8O/c33-14-10-31(26-12-16-38(17-13-26)23-25-4-2-1-3-5-25)40-24-27(22-35-40)30-11-15-34-32(37-30)36-28-6-8-29(9-7-28)39-18-20-41-21-19-39/h1-9,11,15,22,24,26,31H,10,12-13,16-21,23H2,(H,34,36,37). The molecule has 9 heteroatoms. The van der Waals surface area contributed by atoms with Crippen LogP contribution in [0.25, 0.3) is 11.3 Å². The van der Waals surface area contributed by atoms with Crippen LogP contribution >= 0.6 is 0 Å². The van der Waals surface area contributed by atoms with E-state index in [0.717, 1.165) is 75.7 Å². The molecule has 0 bridgehead atoms. The number of likely N-dealkylation sites (tertiary alicyclic amines) is 1. The fourth-order valence-corrected chi connectivity index (χ4v) is 5.84. The predicted molar refractivity (Wildman–Crippen MR) is 160 cm³/mol. The molecule has 0 aliphatic carbocycles. The van der Waals surface area contributed by atoms with Gasteiger partial charge in [-0.05, 0) is 67.7 Å². The molecular formula is C32H36N8O. The minimum absolute atomic E-state index is 0.0528. The second-order valence-corrected chi connectivity index (χ2v) is 10.8. The molecule has 0 amide bonds. The van der Waals surface area contributed by atoms with Gasteiger partial charge >= 0.3 is 0 Å². The minimum atomic E-state index is 0.0528. The van der Waals surface area contributed by atoms with E-state index < -0.39 is 0 Å². The summed E-state index contributed by atoms with van der Waals surface area (Å²) in [6.07, 6.45) is 8.20. The summed E-state index contributed by atoms with van der Waals surface area (Å²) >= 11 is 0. The van der Waals surface area contributed by atoms with Crippen LogP contribution in [0.1, 0.15) is 30.9 Å². The van der Waals surface area contributed by atoms with Crippen LogP contribution in [0.3, 0.4) is 0 Å². The lowest BCUT2D eigenvalue weighted by Gasteiger charge is -2.35. The lowest BCUT2D eigenvalue weighted by molar-refractivity contribution is 0.122. The molecule has 9 nitrogen and oxygen atoms in total. The number of ether oxygens (including phenoxy) is 1. The molecule has 4 aromatic rings. The van der Waals surface area contributed by atoms with E-state index in [4.69, 9.17) is 14.8 Å². The molecule has 0 spiro atoms. The van der Waals surface area contributed by atoms with Crippen LogP contribution in [0.2, 0.25) is 0 Å². The summed E-state index contributed by atoms with van der Waals surface area (Å²) in [5.74, 6) is 0.950. The Bertz CT molecular complexity index is 1430. The molecule has 0 saturated carbocycles. The summed E-state index contributed by atoms with van der Waals surface area (Å²) in [6.45, 7) is 6.39. The lowest BCUT2D eigenvalue weighted by Crippen LogP contribution is -2.36. The highest BCUT2D eigenvalue weighted by Crippen LogP contribution is 2.32. The van der Waals surface area contributed by atoms with Crippen LogP contribution in [0.5, 0.6) is 0 Å². The van der Waals surface area contributed by atoms with Crippen molar-refractivity contribution in [3.63, 3.8) is 0 Å². The first kappa shape index (κ1) is 26.9. The number of rotatable bonds is 9. The van der Waals surface area contributed by atoms with E-state index in [1.807, 2.05) is 23.1 Å². The average Bonchev–Trinajstić information content (AvgIpc) is 3.52. The number of piperidine rings is 1. The van der Waals surface area contributed by atoms with Crippen LogP contribution < -0.4 is 10.2 Å². The molecule has 2 aromatic carbocycles. The third-order valence-corrected chi connectivity index (χ3v) is 8.12. The first-order valence-electron chi connectivity index (χ1n) is 14.5. The molecule has 1 atom stereocenters. The molecule has 2 aliphatic heterocycles. The van der Waals surface area contributed by atoms with E-state index in [1.54, 1.807) is 6.20 Å². The van der Waals surface area contributed by atoms with Gasteiger partial charge < -0.3 is 15.0 Å². The highest BCUT2D eigenvalue weighted by atomic mass is 16.5. The number of hydrogen-bond donors (Lipinski definition) is 1. The third kappa shape index (κ3) is 6.73. The number of nitrogens with one attached hydrogen (secondary N) is 1. The van der Waals surface area contributed by atoms with E-state index in [9.17, 15) is 5.26 Å². The molecule has 2 fully saturated rings. The molecule has 1 unspecified atom stereocenters.